The van der Waals surface area contributed by atoms with E-state index < -0.39 is 0 Å². The summed E-state index contributed by atoms with van der Waals surface area (Å²) >= 11 is 0. The highest BCUT2D eigenvalue weighted by atomic mass is 16.5. The molecule has 0 radical (unpaired) electrons. The number of piperidine rings is 1. The van der Waals surface area contributed by atoms with Crippen LogP contribution >= 0.6 is 0 Å². The van der Waals surface area contributed by atoms with Gasteiger partial charge in [0.25, 0.3) is 5.91 Å². The Morgan fingerprint density at radius 2 is 1.95 bits per heavy atom. The number of allylic oxidation sites excluding steroid dienone is 2. The van der Waals surface area contributed by atoms with Gasteiger partial charge in [-0.05, 0) is 88.3 Å². The molecule has 3 aliphatic rings. The number of carbonyl (C=O) groups excluding carboxylic acids is 1. The van der Waals surface area contributed by atoms with Crippen molar-refractivity contribution in [2.45, 2.75) is 51.0 Å². The van der Waals surface area contributed by atoms with Crippen LogP contribution in [0.3, 0.4) is 0 Å². The number of aromatic nitrogens is 2. The molecule has 1 saturated heterocycles. The van der Waals surface area contributed by atoms with Crippen molar-refractivity contribution in [3.8, 4) is 5.75 Å². The number of likely N-dealkylation sites (tertiary alicyclic amines) is 1. The van der Waals surface area contributed by atoms with Gasteiger partial charge in [0.05, 0.1) is 18.5 Å². The minimum Gasteiger partial charge on any atom is -0.495 e. The number of amides is 1. The van der Waals surface area contributed by atoms with Crippen molar-refractivity contribution in [2.24, 2.45) is 5.92 Å². The van der Waals surface area contributed by atoms with Gasteiger partial charge in [0.2, 0.25) is 5.95 Å². The molecule has 1 saturated carbocycles. The summed E-state index contributed by atoms with van der Waals surface area (Å²) in [5, 5.41) is 18.5. The van der Waals surface area contributed by atoms with E-state index in [1.807, 2.05) is 19.3 Å². The second-order valence-corrected chi connectivity index (χ2v) is 10.3. The van der Waals surface area contributed by atoms with E-state index in [0.717, 1.165) is 67.7 Å². The lowest BCUT2D eigenvalue weighted by atomic mass is 9.78. The lowest BCUT2D eigenvalue weighted by Gasteiger charge is -2.32. The molecule has 196 valence electrons. The van der Waals surface area contributed by atoms with Gasteiger partial charge in [0, 0.05) is 41.8 Å². The summed E-state index contributed by atoms with van der Waals surface area (Å²) in [5.74, 6) is 1.36. The SMILES string of the molecule is CN/C(=C1\C(=N)CCc2cnc(Nc3ccc(C(=O)NC4CCN(C)CC4)cc3OC)nc21)C1CCC1. The topological polar surface area (TPSA) is 115 Å². The average Bonchev–Trinajstić information content (AvgIpc) is 2.88. The maximum absolute atomic E-state index is 12.9. The molecule has 1 aliphatic heterocycles. The van der Waals surface area contributed by atoms with E-state index in [-0.39, 0.29) is 11.9 Å². The summed E-state index contributed by atoms with van der Waals surface area (Å²) in [5.41, 5.74) is 5.82. The summed E-state index contributed by atoms with van der Waals surface area (Å²) in [7, 11) is 5.64. The van der Waals surface area contributed by atoms with Crippen molar-refractivity contribution in [1.82, 2.24) is 25.5 Å². The molecular formula is C28H37N7O2. The van der Waals surface area contributed by atoms with Gasteiger partial charge < -0.3 is 31.0 Å². The maximum atomic E-state index is 12.9. The predicted molar refractivity (Wildman–Crippen MR) is 146 cm³/mol. The lowest BCUT2D eigenvalue weighted by molar-refractivity contribution is 0.0916. The Labute approximate surface area is 218 Å². The van der Waals surface area contributed by atoms with Crippen molar-refractivity contribution in [1.29, 1.82) is 5.41 Å². The predicted octanol–water partition coefficient (Wildman–Crippen LogP) is 3.75. The quantitative estimate of drug-likeness (QED) is 0.455. The van der Waals surface area contributed by atoms with Gasteiger partial charge >= 0.3 is 0 Å². The first kappa shape index (κ1) is 25.2. The molecule has 1 amide bonds. The number of nitrogens with zero attached hydrogens (tertiary/aromatic N) is 3. The smallest absolute Gasteiger partial charge is 0.251 e. The Morgan fingerprint density at radius 1 is 1.16 bits per heavy atom. The van der Waals surface area contributed by atoms with Gasteiger partial charge in [-0.2, -0.15) is 0 Å². The van der Waals surface area contributed by atoms with Crippen LogP contribution in [0.1, 0.15) is 60.1 Å². The Balaban J connectivity index is 1.37. The van der Waals surface area contributed by atoms with Crippen molar-refractivity contribution in [3.05, 3.63) is 46.9 Å². The number of fused-ring (bicyclic) bond motifs is 1. The Morgan fingerprint density at radius 3 is 2.62 bits per heavy atom. The first-order chi connectivity index (χ1) is 18.0. The molecule has 2 aromatic rings. The van der Waals surface area contributed by atoms with Gasteiger partial charge in [-0.3, -0.25) is 4.79 Å². The molecule has 2 heterocycles. The van der Waals surface area contributed by atoms with Crippen LogP contribution in [0.15, 0.2) is 30.1 Å². The maximum Gasteiger partial charge on any atom is 0.251 e. The summed E-state index contributed by atoms with van der Waals surface area (Å²) in [4.78, 5) is 24.6. The van der Waals surface area contributed by atoms with Crippen molar-refractivity contribution >= 4 is 28.8 Å². The Kier molecular flexibility index (Phi) is 7.41. The number of carbonyl (C=O) groups is 1. The number of nitrogens with one attached hydrogen (secondary N) is 4. The van der Waals surface area contributed by atoms with Gasteiger partial charge in [-0.1, -0.05) is 6.42 Å². The molecule has 1 aromatic carbocycles. The molecular weight excluding hydrogens is 466 g/mol. The van der Waals surface area contributed by atoms with E-state index in [4.69, 9.17) is 15.1 Å². The molecule has 0 spiro atoms. The van der Waals surface area contributed by atoms with Crippen LogP contribution in [0.2, 0.25) is 0 Å². The second-order valence-electron chi connectivity index (χ2n) is 10.3. The third-order valence-corrected chi connectivity index (χ3v) is 7.86. The number of hydrogen-bond acceptors (Lipinski definition) is 8. The molecule has 37 heavy (non-hydrogen) atoms. The van der Waals surface area contributed by atoms with Crippen LogP contribution in [-0.4, -0.2) is 66.8 Å². The van der Waals surface area contributed by atoms with Crippen molar-refractivity contribution in [3.63, 3.8) is 0 Å². The molecule has 2 aliphatic carbocycles. The zero-order valence-electron chi connectivity index (χ0n) is 22.0. The van der Waals surface area contributed by atoms with E-state index in [1.54, 1.807) is 19.2 Å². The Bertz CT molecular complexity index is 1210. The van der Waals surface area contributed by atoms with Crippen LogP contribution in [0.5, 0.6) is 5.75 Å². The van der Waals surface area contributed by atoms with Crippen molar-refractivity contribution < 1.29 is 9.53 Å². The number of aryl methyl sites for hydroxylation is 1. The van der Waals surface area contributed by atoms with E-state index in [0.29, 0.717) is 41.0 Å². The summed E-state index contributed by atoms with van der Waals surface area (Å²) in [6.45, 7) is 1.98. The molecule has 1 aromatic heterocycles. The fourth-order valence-electron chi connectivity index (χ4n) is 5.39. The molecule has 0 atom stereocenters. The number of benzene rings is 1. The lowest BCUT2D eigenvalue weighted by Crippen LogP contribution is -2.43. The van der Waals surface area contributed by atoms with Crippen LogP contribution in [-0.2, 0) is 6.42 Å². The van der Waals surface area contributed by atoms with E-state index in [1.165, 1.54) is 6.42 Å². The third-order valence-electron chi connectivity index (χ3n) is 7.86. The highest BCUT2D eigenvalue weighted by molar-refractivity contribution is 6.24. The van der Waals surface area contributed by atoms with Crippen LogP contribution in [0.4, 0.5) is 11.6 Å². The molecule has 0 unspecified atom stereocenters. The monoisotopic (exact) mass is 503 g/mol. The number of methoxy groups -OCH3 is 1. The largest absolute Gasteiger partial charge is 0.495 e. The van der Waals surface area contributed by atoms with Gasteiger partial charge in [0.15, 0.2) is 0 Å². The highest BCUT2D eigenvalue weighted by Crippen LogP contribution is 2.39. The molecule has 9 heteroatoms. The second kappa shape index (κ2) is 10.9. The zero-order valence-corrected chi connectivity index (χ0v) is 22.0. The van der Waals surface area contributed by atoms with E-state index in [2.05, 4.69) is 32.9 Å². The van der Waals surface area contributed by atoms with Gasteiger partial charge in [-0.25, -0.2) is 9.97 Å². The molecule has 2 fully saturated rings. The fourth-order valence-corrected chi connectivity index (χ4v) is 5.39. The number of rotatable bonds is 7. The zero-order chi connectivity index (χ0) is 25.9. The minimum absolute atomic E-state index is 0.0895. The molecule has 5 rings (SSSR count). The summed E-state index contributed by atoms with van der Waals surface area (Å²) in [6, 6.07) is 5.57. The first-order valence-electron chi connectivity index (χ1n) is 13.3. The van der Waals surface area contributed by atoms with E-state index in [9.17, 15) is 4.79 Å². The number of anilines is 2. The number of hydrogen-bond donors (Lipinski definition) is 4. The third kappa shape index (κ3) is 5.32. The molecule has 4 N–H and O–H groups in total. The fraction of sp³-hybridized carbons (Fsp3) is 0.500. The van der Waals surface area contributed by atoms with Crippen LogP contribution < -0.4 is 20.7 Å². The number of ether oxygens (including phenoxy) is 1. The van der Waals surface area contributed by atoms with Crippen LogP contribution in [0, 0.1) is 11.3 Å². The van der Waals surface area contributed by atoms with E-state index >= 15 is 0 Å². The van der Waals surface area contributed by atoms with Crippen molar-refractivity contribution in [2.75, 3.05) is 39.6 Å². The Hall–Kier alpha value is -3.46. The molecule has 0 bridgehead atoms. The van der Waals surface area contributed by atoms with Crippen LogP contribution in [0.25, 0.3) is 5.57 Å². The minimum atomic E-state index is -0.0895. The summed E-state index contributed by atoms with van der Waals surface area (Å²) in [6.07, 6.45) is 8.76. The van der Waals surface area contributed by atoms with Gasteiger partial charge in [0.1, 0.15) is 5.75 Å². The normalized spacial score (nSPS) is 20.0. The van der Waals surface area contributed by atoms with Gasteiger partial charge in [-0.15, -0.1) is 0 Å². The summed E-state index contributed by atoms with van der Waals surface area (Å²) < 4.78 is 5.61. The molecule has 9 nitrogen and oxygen atoms in total. The first-order valence-corrected chi connectivity index (χ1v) is 13.3. The highest BCUT2D eigenvalue weighted by Gasteiger charge is 2.30. The average molecular weight is 504 g/mol. The standard InChI is InChI=1S/C28H37N7O2/c1-30-25(17-5-4-6-17)24-21(29)9-7-19-16-31-28(34-26(19)24)33-22-10-8-18(15-23(22)37-3)27(36)32-20-11-13-35(2)14-12-20/h8,10,15-17,20,29-30H,4-7,9,11-14H2,1-3H3,(H,32,36)(H,31,33,34)/b25-24+,29-21?.